The van der Waals surface area contributed by atoms with Crippen LogP contribution < -0.4 is 10.6 Å². The third-order valence-electron chi connectivity index (χ3n) is 5.86. The monoisotopic (exact) mass is 412 g/mol. The van der Waals surface area contributed by atoms with Crippen LogP contribution >= 0.6 is 0 Å². The molecule has 158 valence electrons. The Morgan fingerprint density at radius 3 is 2.52 bits per heavy atom. The van der Waals surface area contributed by atoms with Crippen molar-refractivity contribution >= 4 is 16.9 Å². The van der Waals surface area contributed by atoms with Gasteiger partial charge in [0.1, 0.15) is 17.8 Å². The third kappa shape index (κ3) is 4.76. The molecule has 2 aromatic carbocycles. The van der Waals surface area contributed by atoms with Gasteiger partial charge in [0.15, 0.2) is 0 Å². The van der Waals surface area contributed by atoms with Crippen LogP contribution in [-0.2, 0) is 13.0 Å². The zero-order valence-corrected chi connectivity index (χ0v) is 17.6. The van der Waals surface area contributed by atoms with E-state index in [4.69, 9.17) is 0 Å². The van der Waals surface area contributed by atoms with Gasteiger partial charge >= 0.3 is 0 Å². The molecule has 1 aliphatic rings. The molecule has 6 nitrogen and oxygen atoms in total. The minimum atomic E-state index is 0.831. The summed E-state index contributed by atoms with van der Waals surface area (Å²) in [4.78, 5) is 14.9. The largest absolute Gasteiger partial charge is 0.369 e. The standard InChI is InChI=1S/C25H28N6/c1-2-4-19(5-3-1)10-11-27-24-22-16-23(30-25(22)29-18-28-24)21-8-6-20(7-9-21)17-31-14-12-26-13-15-31/h1-9,16,18,26H,10-15,17H2,(H2,27,28,29,30). The van der Waals surface area contributed by atoms with Gasteiger partial charge < -0.3 is 15.6 Å². The Balaban J connectivity index is 1.28. The predicted octanol–water partition coefficient (Wildman–Crippen LogP) is 3.68. The molecule has 0 amide bonds. The van der Waals surface area contributed by atoms with Gasteiger partial charge in [-0.2, -0.15) is 0 Å². The van der Waals surface area contributed by atoms with E-state index >= 15 is 0 Å². The molecule has 1 aliphatic heterocycles. The first-order valence-corrected chi connectivity index (χ1v) is 11.0. The van der Waals surface area contributed by atoms with Gasteiger partial charge in [-0.25, -0.2) is 9.97 Å². The maximum atomic E-state index is 4.47. The van der Waals surface area contributed by atoms with E-state index < -0.39 is 0 Å². The number of nitrogens with one attached hydrogen (secondary N) is 3. The van der Waals surface area contributed by atoms with E-state index in [1.165, 1.54) is 11.1 Å². The van der Waals surface area contributed by atoms with Crippen molar-refractivity contribution in [2.24, 2.45) is 0 Å². The van der Waals surface area contributed by atoms with Crippen LogP contribution in [-0.4, -0.2) is 52.6 Å². The van der Waals surface area contributed by atoms with Crippen molar-refractivity contribution in [1.82, 2.24) is 25.2 Å². The summed E-state index contributed by atoms with van der Waals surface area (Å²) >= 11 is 0. The second kappa shape index (κ2) is 9.29. The van der Waals surface area contributed by atoms with E-state index in [1.54, 1.807) is 6.33 Å². The summed E-state index contributed by atoms with van der Waals surface area (Å²) in [5.41, 5.74) is 5.76. The molecule has 0 aliphatic carbocycles. The van der Waals surface area contributed by atoms with Crippen molar-refractivity contribution in [3.8, 4) is 11.3 Å². The lowest BCUT2D eigenvalue weighted by atomic mass is 10.1. The molecule has 0 saturated carbocycles. The van der Waals surface area contributed by atoms with Gasteiger partial charge in [0, 0.05) is 45.0 Å². The summed E-state index contributed by atoms with van der Waals surface area (Å²) in [6, 6.07) is 21.5. The number of rotatable bonds is 7. The van der Waals surface area contributed by atoms with Crippen LogP contribution in [0.3, 0.4) is 0 Å². The SMILES string of the molecule is c1ccc(CCNc2ncnc3[nH]c(-c4ccc(CN5CCNCC5)cc4)cc23)cc1. The number of hydrogen-bond acceptors (Lipinski definition) is 5. The highest BCUT2D eigenvalue weighted by Crippen LogP contribution is 2.27. The normalized spacial score (nSPS) is 14.7. The Kier molecular flexibility index (Phi) is 5.91. The molecule has 6 heteroatoms. The number of aromatic amines is 1. The highest BCUT2D eigenvalue weighted by Gasteiger charge is 2.12. The molecule has 0 radical (unpaired) electrons. The predicted molar refractivity (Wildman–Crippen MR) is 126 cm³/mol. The van der Waals surface area contributed by atoms with Gasteiger partial charge in [0.2, 0.25) is 0 Å². The summed E-state index contributed by atoms with van der Waals surface area (Å²) in [7, 11) is 0. The van der Waals surface area contributed by atoms with Crippen molar-refractivity contribution in [3.05, 3.63) is 78.1 Å². The van der Waals surface area contributed by atoms with Gasteiger partial charge in [-0.3, -0.25) is 4.90 Å². The number of hydrogen-bond donors (Lipinski definition) is 3. The molecular formula is C25H28N6. The van der Waals surface area contributed by atoms with Gasteiger partial charge in [-0.1, -0.05) is 54.6 Å². The van der Waals surface area contributed by atoms with Gasteiger partial charge in [0.25, 0.3) is 0 Å². The first-order valence-electron chi connectivity index (χ1n) is 11.0. The lowest BCUT2D eigenvalue weighted by Gasteiger charge is -2.27. The lowest BCUT2D eigenvalue weighted by Crippen LogP contribution is -2.42. The third-order valence-corrected chi connectivity index (χ3v) is 5.86. The first kappa shape index (κ1) is 19.7. The fourth-order valence-corrected chi connectivity index (χ4v) is 4.12. The van der Waals surface area contributed by atoms with E-state index in [1.807, 2.05) is 6.07 Å². The summed E-state index contributed by atoms with van der Waals surface area (Å²) in [6.07, 6.45) is 2.57. The summed E-state index contributed by atoms with van der Waals surface area (Å²) < 4.78 is 0. The molecule has 31 heavy (non-hydrogen) atoms. The fourth-order valence-electron chi connectivity index (χ4n) is 4.12. The Morgan fingerprint density at radius 2 is 1.71 bits per heavy atom. The molecule has 1 saturated heterocycles. The summed E-state index contributed by atoms with van der Waals surface area (Å²) in [6.45, 7) is 6.23. The number of H-pyrrole nitrogens is 1. The highest BCUT2D eigenvalue weighted by molar-refractivity contribution is 5.91. The van der Waals surface area contributed by atoms with Crippen molar-refractivity contribution in [1.29, 1.82) is 0 Å². The zero-order valence-electron chi connectivity index (χ0n) is 17.6. The minimum Gasteiger partial charge on any atom is -0.369 e. The van der Waals surface area contributed by atoms with Crippen LogP contribution in [0.25, 0.3) is 22.3 Å². The van der Waals surface area contributed by atoms with Gasteiger partial charge in [-0.05, 0) is 29.2 Å². The molecule has 3 N–H and O–H groups in total. The average molecular weight is 413 g/mol. The van der Waals surface area contributed by atoms with Crippen LogP contribution in [0.1, 0.15) is 11.1 Å². The van der Waals surface area contributed by atoms with E-state index in [2.05, 4.69) is 85.1 Å². The van der Waals surface area contributed by atoms with Crippen LogP contribution in [0.5, 0.6) is 0 Å². The van der Waals surface area contributed by atoms with Crippen molar-refractivity contribution < 1.29 is 0 Å². The lowest BCUT2D eigenvalue weighted by molar-refractivity contribution is 0.233. The van der Waals surface area contributed by atoms with Crippen LogP contribution in [0, 0.1) is 0 Å². The van der Waals surface area contributed by atoms with E-state index in [0.717, 1.165) is 73.8 Å². The molecular weight excluding hydrogens is 384 g/mol. The number of benzene rings is 2. The van der Waals surface area contributed by atoms with Crippen molar-refractivity contribution in [2.45, 2.75) is 13.0 Å². The van der Waals surface area contributed by atoms with Crippen LogP contribution in [0.2, 0.25) is 0 Å². The van der Waals surface area contributed by atoms with E-state index in [9.17, 15) is 0 Å². The quantitative estimate of drug-likeness (QED) is 0.432. The molecule has 2 aromatic heterocycles. The smallest absolute Gasteiger partial charge is 0.143 e. The van der Waals surface area contributed by atoms with E-state index in [0.29, 0.717) is 0 Å². The maximum absolute atomic E-state index is 4.47. The summed E-state index contributed by atoms with van der Waals surface area (Å²) in [5, 5.41) is 7.90. The number of piperazine rings is 1. The van der Waals surface area contributed by atoms with Gasteiger partial charge in [-0.15, -0.1) is 0 Å². The topological polar surface area (TPSA) is 68.9 Å². The molecule has 0 atom stereocenters. The van der Waals surface area contributed by atoms with Gasteiger partial charge in [0.05, 0.1) is 5.39 Å². The number of fused-ring (bicyclic) bond motifs is 1. The Bertz CT molecular complexity index is 1110. The van der Waals surface area contributed by atoms with Crippen molar-refractivity contribution in [2.75, 3.05) is 38.0 Å². The zero-order chi connectivity index (χ0) is 20.9. The summed E-state index contributed by atoms with van der Waals surface area (Å²) in [5.74, 6) is 0.874. The second-order valence-electron chi connectivity index (χ2n) is 8.05. The number of nitrogens with zero attached hydrogens (tertiary/aromatic N) is 3. The number of anilines is 1. The first-order chi connectivity index (χ1) is 15.3. The molecule has 3 heterocycles. The molecule has 5 rings (SSSR count). The van der Waals surface area contributed by atoms with Crippen LogP contribution in [0.4, 0.5) is 5.82 Å². The highest BCUT2D eigenvalue weighted by atomic mass is 15.2. The van der Waals surface area contributed by atoms with Crippen molar-refractivity contribution in [3.63, 3.8) is 0 Å². The molecule has 0 bridgehead atoms. The Labute approximate surface area is 182 Å². The Morgan fingerprint density at radius 1 is 0.903 bits per heavy atom. The molecule has 0 unspecified atom stereocenters. The fraction of sp³-hybridized carbons (Fsp3) is 0.280. The Hall–Kier alpha value is -3.22. The molecule has 0 spiro atoms. The average Bonchev–Trinajstić information content (AvgIpc) is 3.26. The molecule has 4 aromatic rings. The van der Waals surface area contributed by atoms with E-state index in [-0.39, 0.29) is 0 Å². The minimum absolute atomic E-state index is 0.831. The number of aromatic nitrogens is 3. The molecule has 1 fully saturated rings. The maximum Gasteiger partial charge on any atom is 0.143 e. The second-order valence-corrected chi connectivity index (χ2v) is 8.05. The van der Waals surface area contributed by atoms with Crippen LogP contribution in [0.15, 0.2) is 67.0 Å².